The zero-order valence-electron chi connectivity index (χ0n) is 15.8. The Hall–Kier alpha value is -3.10. The molecule has 2 rings (SSSR count). The first kappa shape index (κ1) is 20.2. The first-order chi connectivity index (χ1) is 12.8. The van der Waals surface area contributed by atoms with Crippen LogP contribution in [-0.2, 0) is 4.74 Å². The van der Waals surface area contributed by atoms with Crippen LogP contribution in [0.15, 0.2) is 36.9 Å². The van der Waals surface area contributed by atoms with Gasteiger partial charge in [0.15, 0.2) is 0 Å². The van der Waals surface area contributed by atoms with Gasteiger partial charge in [0, 0.05) is 37.2 Å². The molecule has 0 atom stereocenters. The molecule has 0 radical (unpaired) electrons. The number of amides is 1. The van der Waals surface area contributed by atoms with Crippen molar-refractivity contribution >= 4 is 17.5 Å². The number of hydrogen-bond acceptors (Lipinski definition) is 6. The highest BCUT2D eigenvalue weighted by Gasteiger charge is 2.16. The van der Waals surface area contributed by atoms with Crippen LogP contribution in [0, 0.1) is 10.1 Å². The minimum Gasteiger partial charge on any atom is -0.444 e. The molecule has 2 N–H and O–H groups in total. The van der Waals surface area contributed by atoms with E-state index >= 15 is 0 Å². The number of carbonyl (C=O) groups excluding carboxylic acids is 1. The predicted octanol–water partition coefficient (Wildman–Crippen LogP) is 3.50. The van der Waals surface area contributed by atoms with E-state index < -0.39 is 16.6 Å². The largest absolute Gasteiger partial charge is 0.444 e. The summed E-state index contributed by atoms with van der Waals surface area (Å²) < 4.78 is 6.93. The molecule has 0 spiro atoms. The SMILES string of the molecule is CC(C)(C)OC(=O)NCCCCNc1cc(-n2ccnc2)ccc1[N+](=O)[O-]. The van der Waals surface area contributed by atoms with Crippen LogP contribution in [0.5, 0.6) is 0 Å². The Labute approximate surface area is 157 Å². The molecule has 1 amide bonds. The summed E-state index contributed by atoms with van der Waals surface area (Å²) in [5, 5.41) is 17.0. The van der Waals surface area contributed by atoms with Crippen molar-refractivity contribution < 1.29 is 14.5 Å². The third kappa shape index (κ3) is 6.61. The molecule has 27 heavy (non-hydrogen) atoms. The van der Waals surface area contributed by atoms with E-state index in [2.05, 4.69) is 15.6 Å². The van der Waals surface area contributed by atoms with Crippen molar-refractivity contribution in [1.82, 2.24) is 14.9 Å². The molecule has 0 fully saturated rings. The number of ether oxygens (including phenoxy) is 1. The van der Waals surface area contributed by atoms with Crippen molar-refractivity contribution in [3.63, 3.8) is 0 Å². The number of hydrogen-bond donors (Lipinski definition) is 2. The second kappa shape index (κ2) is 9.02. The molecule has 146 valence electrons. The van der Waals surface area contributed by atoms with Crippen LogP contribution in [0.3, 0.4) is 0 Å². The predicted molar refractivity (Wildman–Crippen MR) is 102 cm³/mol. The average Bonchev–Trinajstić information content (AvgIpc) is 3.10. The van der Waals surface area contributed by atoms with Crippen LogP contribution >= 0.6 is 0 Å². The molecule has 0 saturated heterocycles. The third-order valence-electron chi connectivity index (χ3n) is 3.57. The fourth-order valence-corrected chi connectivity index (χ4v) is 2.37. The molecule has 1 heterocycles. The van der Waals surface area contributed by atoms with E-state index in [4.69, 9.17) is 4.74 Å². The zero-order chi connectivity index (χ0) is 19.9. The minimum absolute atomic E-state index is 0.0192. The lowest BCUT2D eigenvalue weighted by molar-refractivity contribution is -0.384. The lowest BCUT2D eigenvalue weighted by atomic mass is 10.2. The van der Waals surface area contributed by atoms with E-state index in [1.165, 1.54) is 6.07 Å². The maximum absolute atomic E-state index is 11.6. The number of nitrogens with one attached hydrogen (secondary N) is 2. The number of nitro groups is 1. The summed E-state index contributed by atoms with van der Waals surface area (Å²) in [4.78, 5) is 26.3. The van der Waals surface area contributed by atoms with Crippen molar-refractivity contribution in [1.29, 1.82) is 0 Å². The number of carbonyl (C=O) groups is 1. The molecule has 0 aliphatic carbocycles. The molecule has 1 aromatic carbocycles. The number of anilines is 1. The van der Waals surface area contributed by atoms with Crippen LogP contribution in [0.1, 0.15) is 33.6 Å². The second-order valence-corrected chi connectivity index (χ2v) is 6.99. The lowest BCUT2D eigenvalue weighted by Crippen LogP contribution is -2.33. The van der Waals surface area contributed by atoms with Gasteiger partial charge in [0.1, 0.15) is 11.3 Å². The number of nitrogens with zero attached hydrogens (tertiary/aromatic N) is 3. The topological polar surface area (TPSA) is 111 Å². The molecule has 0 bridgehead atoms. The Morgan fingerprint density at radius 3 is 2.67 bits per heavy atom. The van der Waals surface area contributed by atoms with E-state index in [-0.39, 0.29) is 5.69 Å². The number of aromatic nitrogens is 2. The Morgan fingerprint density at radius 2 is 2.04 bits per heavy atom. The highest BCUT2D eigenvalue weighted by molar-refractivity contribution is 5.67. The van der Waals surface area contributed by atoms with Gasteiger partial charge in [0.2, 0.25) is 0 Å². The van der Waals surface area contributed by atoms with Crippen molar-refractivity contribution in [2.45, 2.75) is 39.2 Å². The molecule has 0 saturated carbocycles. The summed E-state index contributed by atoms with van der Waals surface area (Å²) in [6.45, 7) is 6.45. The monoisotopic (exact) mass is 375 g/mol. The van der Waals surface area contributed by atoms with Gasteiger partial charge in [-0.15, -0.1) is 0 Å². The smallest absolute Gasteiger partial charge is 0.407 e. The van der Waals surface area contributed by atoms with Gasteiger partial charge in [-0.2, -0.15) is 0 Å². The number of benzene rings is 1. The summed E-state index contributed by atoms with van der Waals surface area (Å²) in [6, 6.07) is 4.87. The quantitative estimate of drug-likeness (QED) is 0.415. The Morgan fingerprint density at radius 1 is 1.30 bits per heavy atom. The highest BCUT2D eigenvalue weighted by Crippen LogP contribution is 2.27. The summed E-state index contributed by atoms with van der Waals surface area (Å²) in [7, 11) is 0. The van der Waals surface area contributed by atoms with Gasteiger partial charge in [0.05, 0.1) is 11.3 Å². The molecular formula is C18H25N5O4. The molecule has 2 aromatic rings. The third-order valence-corrected chi connectivity index (χ3v) is 3.57. The molecule has 1 aromatic heterocycles. The molecule has 0 aliphatic rings. The van der Waals surface area contributed by atoms with Gasteiger partial charge >= 0.3 is 6.09 Å². The number of unbranched alkanes of at least 4 members (excludes halogenated alkanes) is 1. The van der Waals surface area contributed by atoms with Crippen LogP contribution < -0.4 is 10.6 Å². The van der Waals surface area contributed by atoms with Crippen molar-refractivity contribution in [2.24, 2.45) is 0 Å². The molecule has 9 nitrogen and oxygen atoms in total. The number of nitro benzene ring substituents is 1. The standard InChI is InChI=1S/C18H25N5O4/c1-18(2,3)27-17(24)21-9-5-4-8-20-15-12-14(22-11-10-19-13-22)6-7-16(15)23(25)26/h6-7,10-13,20H,4-5,8-9H2,1-3H3,(H,21,24). The van der Waals surface area contributed by atoms with Crippen LogP contribution in [0.4, 0.5) is 16.2 Å². The maximum atomic E-state index is 11.6. The summed E-state index contributed by atoms with van der Waals surface area (Å²) in [5.41, 5.74) is 0.731. The van der Waals surface area contributed by atoms with Crippen molar-refractivity contribution in [3.8, 4) is 5.69 Å². The highest BCUT2D eigenvalue weighted by atomic mass is 16.6. The van der Waals surface area contributed by atoms with Gasteiger partial charge in [-0.05, 0) is 45.7 Å². The number of imidazole rings is 1. The minimum atomic E-state index is -0.523. The molecule has 0 aliphatic heterocycles. The normalized spacial score (nSPS) is 11.1. The van der Waals surface area contributed by atoms with Crippen molar-refractivity contribution in [2.75, 3.05) is 18.4 Å². The summed E-state index contributed by atoms with van der Waals surface area (Å²) in [5.74, 6) is 0. The Kier molecular flexibility index (Phi) is 6.75. The Balaban J connectivity index is 1.83. The van der Waals surface area contributed by atoms with E-state index in [0.717, 1.165) is 18.5 Å². The Bertz CT molecular complexity index is 769. The lowest BCUT2D eigenvalue weighted by Gasteiger charge is -2.19. The molecule has 0 unspecified atom stereocenters. The van der Waals surface area contributed by atoms with E-state index in [9.17, 15) is 14.9 Å². The van der Waals surface area contributed by atoms with E-state index in [1.54, 1.807) is 56.2 Å². The first-order valence-corrected chi connectivity index (χ1v) is 8.74. The molecular weight excluding hydrogens is 350 g/mol. The zero-order valence-corrected chi connectivity index (χ0v) is 15.8. The summed E-state index contributed by atoms with van der Waals surface area (Å²) >= 11 is 0. The maximum Gasteiger partial charge on any atom is 0.407 e. The van der Waals surface area contributed by atoms with Gasteiger partial charge in [-0.25, -0.2) is 9.78 Å². The second-order valence-electron chi connectivity index (χ2n) is 6.99. The fourth-order valence-electron chi connectivity index (χ4n) is 2.37. The molecule has 9 heteroatoms. The first-order valence-electron chi connectivity index (χ1n) is 8.74. The van der Waals surface area contributed by atoms with Gasteiger partial charge in [-0.3, -0.25) is 10.1 Å². The number of rotatable bonds is 8. The van der Waals surface area contributed by atoms with Gasteiger partial charge < -0.3 is 19.9 Å². The fraction of sp³-hybridized carbons (Fsp3) is 0.444. The average molecular weight is 375 g/mol. The van der Waals surface area contributed by atoms with Crippen LogP contribution in [-0.4, -0.2) is 39.3 Å². The van der Waals surface area contributed by atoms with Gasteiger partial charge in [0.25, 0.3) is 5.69 Å². The van der Waals surface area contributed by atoms with Crippen LogP contribution in [0.25, 0.3) is 5.69 Å². The van der Waals surface area contributed by atoms with Crippen LogP contribution in [0.2, 0.25) is 0 Å². The van der Waals surface area contributed by atoms with E-state index in [0.29, 0.717) is 18.8 Å². The number of alkyl carbamates (subject to hydrolysis) is 1. The van der Waals surface area contributed by atoms with Crippen molar-refractivity contribution in [3.05, 3.63) is 47.0 Å². The van der Waals surface area contributed by atoms with Gasteiger partial charge in [-0.1, -0.05) is 0 Å². The van der Waals surface area contributed by atoms with E-state index in [1.807, 2.05) is 0 Å². The summed E-state index contributed by atoms with van der Waals surface area (Å²) in [6.07, 6.45) is 6.06.